The molecule has 2 aromatic carbocycles. The van der Waals surface area contributed by atoms with Crippen LogP contribution in [-0.2, 0) is 19.0 Å². The van der Waals surface area contributed by atoms with E-state index in [-0.39, 0.29) is 11.6 Å². The van der Waals surface area contributed by atoms with E-state index in [0.717, 1.165) is 29.0 Å². The first-order chi connectivity index (χ1) is 15.3. The Balaban J connectivity index is 1.52. The van der Waals surface area contributed by atoms with Crippen molar-refractivity contribution in [1.82, 2.24) is 25.1 Å². The minimum Gasteiger partial charge on any atom is -0.384 e. The van der Waals surface area contributed by atoms with Gasteiger partial charge < -0.3 is 11.1 Å². The number of alkyl halides is 3. The number of hydrogen-bond acceptors (Lipinski definition) is 6. The van der Waals surface area contributed by atoms with Crippen LogP contribution in [0.5, 0.6) is 0 Å². The molecule has 0 aliphatic rings. The summed E-state index contributed by atoms with van der Waals surface area (Å²) in [6, 6.07) is 14.3. The van der Waals surface area contributed by atoms with Crippen LogP contribution in [0.1, 0.15) is 29.6 Å². The number of anilines is 3. The van der Waals surface area contributed by atoms with Gasteiger partial charge in [-0.05, 0) is 29.8 Å². The van der Waals surface area contributed by atoms with Crippen LogP contribution < -0.4 is 11.1 Å². The van der Waals surface area contributed by atoms with E-state index in [1.165, 1.54) is 12.1 Å². The second-order valence-corrected chi connectivity index (χ2v) is 7.14. The Morgan fingerprint density at radius 2 is 1.81 bits per heavy atom. The number of benzene rings is 2. The van der Waals surface area contributed by atoms with Gasteiger partial charge in [-0.3, -0.25) is 5.10 Å². The monoisotopic (exact) mass is 439 g/mol. The maximum absolute atomic E-state index is 12.9. The average molecular weight is 439 g/mol. The molecule has 32 heavy (non-hydrogen) atoms. The summed E-state index contributed by atoms with van der Waals surface area (Å²) in [4.78, 5) is 13.0. The first kappa shape index (κ1) is 21.3. The summed E-state index contributed by atoms with van der Waals surface area (Å²) in [6.07, 6.45) is -3.16. The van der Waals surface area contributed by atoms with E-state index in [9.17, 15) is 13.2 Å². The van der Waals surface area contributed by atoms with Crippen molar-refractivity contribution in [2.75, 3.05) is 11.1 Å². The van der Waals surface area contributed by atoms with Crippen LogP contribution in [0, 0.1) is 0 Å². The second-order valence-electron chi connectivity index (χ2n) is 7.14. The molecule has 7 nitrogen and oxygen atoms in total. The third-order valence-electron chi connectivity index (χ3n) is 4.68. The van der Waals surface area contributed by atoms with Gasteiger partial charge in [-0.25, -0.2) is 9.97 Å². The van der Waals surface area contributed by atoms with Crippen molar-refractivity contribution in [3.63, 3.8) is 0 Å². The molecule has 0 amide bonds. The zero-order chi connectivity index (χ0) is 22.7. The van der Waals surface area contributed by atoms with E-state index in [1.54, 1.807) is 6.07 Å². The molecular weight excluding hydrogens is 419 g/mol. The van der Waals surface area contributed by atoms with Gasteiger partial charge in [-0.1, -0.05) is 31.2 Å². The lowest BCUT2D eigenvalue weighted by atomic mass is 10.1. The maximum Gasteiger partial charge on any atom is 0.416 e. The van der Waals surface area contributed by atoms with E-state index in [4.69, 9.17) is 5.73 Å². The fraction of sp³-hybridized carbons (Fsp3) is 0.182. The quantitative estimate of drug-likeness (QED) is 0.400. The topological polar surface area (TPSA) is 105 Å². The van der Waals surface area contributed by atoms with Crippen LogP contribution in [0.4, 0.5) is 30.6 Å². The van der Waals surface area contributed by atoms with E-state index in [2.05, 4.69) is 30.5 Å². The third kappa shape index (κ3) is 5.02. The van der Waals surface area contributed by atoms with Crippen molar-refractivity contribution in [3.8, 4) is 11.4 Å². The van der Waals surface area contributed by atoms with E-state index in [1.807, 2.05) is 31.2 Å². The molecule has 0 unspecified atom stereocenters. The molecule has 0 fully saturated rings. The zero-order valence-electron chi connectivity index (χ0n) is 17.1. The largest absolute Gasteiger partial charge is 0.416 e. The zero-order valence-corrected chi connectivity index (χ0v) is 17.1. The number of aromatic nitrogens is 5. The van der Waals surface area contributed by atoms with Crippen LogP contribution >= 0.6 is 0 Å². The number of nitrogens with one attached hydrogen (secondary N) is 2. The lowest BCUT2D eigenvalue weighted by molar-refractivity contribution is -0.137. The van der Waals surface area contributed by atoms with Crippen molar-refractivity contribution in [3.05, 3.63) is 77.2 Å². The van der Waals surface area contributed by atoms with Gasteiger partial charge in [0.25, 0.3) is 0 Å². The Kier molecular flexibility index (Phi) is 5.76. The molecule has 10 heteroatoms. The number of nitrogen functional groups attached to an aromatic ring is 1. The number of nitrogens with two attached hydrogens (primary N) is 1. The Labute approximate surface area is 182 Å². The lowest BCUT2D eigenvalue weighted by Crippen LogP contribution is -2.05. The minimum absolute atomic E-state index is 0.167. The summed E-state index contributed by atoms with van der Waals surface area (Å²) >= 11 is 0. The highest BCUT2D eigenvalue weighted by Crippen LogP contribution is 2.31. The number of aryl methyl sites for hydroxylation is 1. The summed E-state index contributed by atoms with van der Waals surface area (Å²) in [5, 5.41) is 9.67. The van der Waals surface area contributed by atoms with E-state index >= 15 is 0 Å². The van der Waals surface area contributed by atoms with Crippen molar-refractivity contribution >= 4 is 17.5 Å². The smallest absolute Gasteiger partial charge is 0.384 e. The number of aromatic amines is 1. The summed E-state index contributed by atoms with van der Waals surface area (Å²) in [5.74, 6) is 1.78. The van der Waals surface area contributed by atoms with Crippen LogP contribution in [-0.4, -0.2) is 25.1 Å². The highest BCUT2D eigenvalue weighted by molar-refractivity contribution is 5.60. The van der Waals surface area contributed by atoms with Gasteiger partial charge in [-0.15, -0.1) is 5.10 Å². The highest BCUT2D eigenvalue weighted by atomic mass is 19.4. The van der Waals surface area contributed by atoms with Gasteiger partial charge in [0.05, 0.1) is 11.3 Å². The molecule has 4 rings (SSSR count). The van der Waals surface area contributed by atoms with Crippen molar-refractivity contribution in [2.45, 2.75) is 25.9 Å². The standard InChI is InChI=1S/C22H20F3N7/c1-2-19-27-17(12-18(26)29-19)10-13-5-3-6-14(9-13)20-30-21(32-31-20)28-16-8-4-7-15(11-16)22(23,24)25/h3-9,11-12H,2,10H2,1H3,(H2,26,27,29)(H2,28,30,31,32). The predicted octanol–water partition coefficient (Wildman–Crippen LogP) is 4.76. The molecule has 4 N–H and O–H groups in total. The van der Waals surface area contributed by atoms with E-state index < -0.39 is 11.7 Å². The number of halogens is 3. The summed E-state index contributed by atoms with van der Waals surface area (Å²) in [5.41, 5.74) is 7.95. The van der Waals surface area contributed by atoms with Crippen molar-refractivity contribution < 1.29 is 13.2 Å². The van der Waals surface area contributed by atoms with Crippen molar-refractivity contribution in [2.24, 2.45) is 0 Å². The fourth-order valence-electron chi connectivity index (χ4n) is 3.21. The molecule has 0 radical (unpaired) electrons. The Hall–Kier alpha value is -3.95. The van der Waals surface area contributed by atoms with Crippen LogP contribution in [0.25, 0.3) is 11.4 Å². The molecule has 0 aliphatic carbocycles. The molecule has 164 valence electrons. The molecule has 0 atom stereocenters. The summed E-state index contributed by atoms with van der Waals surface area (Å²) in [7, 11) is 0. The Morgan fingerprint density at radius 3 is 2.59 bits per heavy atom. The van der Waals surface area contributed by atoms with Gasteiger partial charge in [0.2, 0.25) is 5.95 Å². The predicted molar refractivity (Wildman–Crippen MR) is 115 cm³/mol. The van der Waals surface area contributed by atoms with Crippen LogP contribution in [0.15, 0.2) is 54.6 Å². The lowest BCUT2D eigenvalue weighted by Gasteiger charge is -2.08. The number of hydrogen-bond donors (Lipinski definition) is 3. The maximum atomic E-state index is 12.9. The number of H-pyrrole nitrogens is 1. The second kappa shape index (κ2) is 8.66. The van der Waals surface area contributed by atoms with Crippen LogP contribution in [0.2, 0.25) is 0 Å². The molecule has 0 saturated heterocycles. The van der Waals surface area contributed by atoms with Gasteiger partial charge in [0.15, 0.2) is 5.82 Å². The Bertz CT molecular complexity index is 1230. The third-order valence-corrected chi connectivity index (χ3v) is 4.68. The molecule has 0 saturated carbocycles. The molecule has 2 heterocycles. The van der Waals surface area contributed by atoms with Crippen molar-refractivity contribution in [1.29, 1.82) is 0 Å². The van der Waals surface area contributed by atoms with Gasteiger partial charge in [0, 0.05) is 30.2 Å². The first-order valence-electron chi connectivity index (χ1n) is 9.88. The Morgan fingerprint density at radius 1 is 1.00 bits per heavy atom. The van der Waals surface area contributed by atoms with Gasteiger partial charge >= 0.3 is 6.18 Å². The summed E-state index contributed by atoms with van der Waals surface area (Å²) < 4.78 is 38.7. The highest BCUT2D eigenvalue weighted by Gasteiger charge is 2.30. The minimum atomic E-state index is -4.42. The summed E-state index contributed by atoms with van der Waals surface area (Å²) in [6.45, 7) is 1.97. The molecule has 0 spiro atoms. The average Bonchev–Trinajstić information content (AvgIpc) is 3.21. The van der Waals surface area contributed by atoms with Gasteiger partial charge in [0.1, 0.15) is 11.6 Å². The van der Waals surface area contributed by atoms with Crippen LogP contribution in [0.3, 0.4) is 0 Å². The molecule has 2 aromatic heterocycles. The fourth-order valence-corrected chi connectivity index (χ4v) is 3.21. The molecular formula is C22H20F3N7. The number of nitrogens with zero attached hydrogens (tertiary/aromatic N) is 4. The van der Waals surface area contributed by atoms with E-state index in [0.29, 0.717) is 30.3 Å². The molecule has 0 aliphatic heterocycles. The SMILES string of the molecule is CCc1nc(N)cc(Cc2cccc(-c3nc(Nc4cccc(C(F)(F)F)c4)n[nH]3)c2)n1. The normalized spacial score (nSPS) is 11.5. The molecule has 4 aromatic rings. The molecule has 0 bridgehead atoms. The van der Waals surface area contributed by atoms with Gasteiger partial charge in [-0.2, -0.15) is 18.2 Å². The first-order valence-corrected chi connectivity index (χ1v) is 9.88. The number of rotatable bonds is 6.